The van der Waals surface area contributed by atoms with Crippen LogP contribution < -0.4 is 11.1 Å². The van der Waals surface area contributed by atoms with Gasteiger partial charge in [-0.05, 0) is 6.07 Å². The average Bonchev–Trinajstić information content (AvgIpc) is 2.45. The summed E-state index contributed by atoms with van der Waals surface area (Å²) in [4.78, 5) is 22.6. The van der Waals surface area contributed by atoms with Crippen LogP contribution in [0.5, 0.6) is 0 Å². The number of thioether (sulfide) groups is 1. The second-order valence-electron chi connectivity index (χ2n) is 4.01. The molecule has 0 fully saturated rings. The van der Waals surface area contributed by atoms with Gasteiger partial charge in [0.05, 0.1) is 12.9 Å². The fraction of sp³-hybridized carbons (Fsp3) is 0.385. The lowest BCUT2D eigenvalue weighted by atomic mass is 10.2. The summed E-state index contributed by atoms with van der Waals surface area (Å²) >= 11 is 1.22. The molecule has 0 saturated carbocycles. The molecule has 1 unspecified atom stereocenters. The number of ether oxygens (including phenoxy) is 1. The van der Waals surface area contributed by atoms with E-state index in [1.54, 1.807) is 18.2 Å². The van der Waals surface area contributed by atoms with Crippen LogP contribution in [0.25, 0.3) is 0 Å². The van der Waals surface area contributed by atoms with Gasteiger partial charge in [0.2, 0.25) is 5.91 Å². The van der Waals surface area contributed by atoms with E-state index in [9.17, 15) is 14.0 Å². The van der Waals surface area contributed by atoms with Crippen LogP contribution in [0.1, 0.15) is 5.56 Å². The lowest BCUT2D eigenvalue weighted by Gasteiger charge is -2.09. The van der Waals surface area contributed by atoms with Gasteiger partial charge in [-0.2, -0.15) is 0 Å². The van der Waals surface area contributed by atoms with Crippen molar-refractivity contribution in [3.63, 3.8) is 0 Å². The molecule has 7 heteroatoms. The van der Waals surface area contributed by atoms with Gasteiger partial charge in [-0.15, -0.1) is 11.8 Å². The summed E-state index contributed by atoms with van der Waals surface area (Å²) in [5.74, 6) is -0.661. The number of methoxy groups -OCH3 is 1. The lowest BCUT2D eigenvalue weighted by Crippen LogP contribution is -2.34. The maximum absolute atomic E-state index is 13.3. The Morgan fingerprint density at radius 2 is 2.15 bits per heavy atom. The zero-order valence-electron chi connectivity index (χ0n) is 11.1. The van der Waals surface area contributed by atoms with Crippen LogP contribution in [0.4, 0.5) is 4.39 Å². The van der Waals surface area contributed by atoms with Crippen molar-refractivity contribution in [2.45, 2.75) is 12.6 Å². The summed E-state index contributed by atoms with van der Waals surface area (Å²) in [7, 11) is 1.26. The molecule has 0 aliphatic heterocycles. The standard InChI is InChI=1S/C13H17FN2O3S/c1-19-13(18)11(15)7-20-8-12(17)16-6-9-4-2-3-5-10(9)14/h2-5,11H,6-8,15H2,1H3,(H,16,17). The minimum absolute atomic E-state index is 0.134. The van der Waals surface area contributed by atoms with Gasteiger partial charge in [-0.25, -0.2) is 4.39 Å². The van der Waals surface area contributed by atoms with Crippen molar-refractivity contribution in [2.75, 3.05) is 18.6 Å². The first-order chi connectivity index (χ1) is 9.54. The molecule has 1 aromatic rings. The van der Waals surface area contributed by atoms with Crippen LogP contribution in [-0.4, -0.2) is 36.5 Å². The number of esters is 1. The molecule has 0 spiro atoms. The fourth-order valence-electron chi connectivity index (χ4n) is 1.38. The Morgan fingerprint density at radius 3 is 2.80 bits per heavy atom. The van der Waals surface area contributed by atoms with Gasteiger partial charge < -0.3 is 15.8 Å². The van der Waals surface area contributed by atoms with Gasteiger partial charge in [-0.3, -0.25) is 9.59 Å². The minimum Gasteiger partial charge on any atom is -0.468 e. The number of nitrogens with one attached hydrogen (secondary N) is 1. The minimum atomic E-state index is -0.746. The topological polar surface area (TPSA) is 81.4 Å². The lowest BCUT2D eigenvalue weighted by molar-refractivity contribution is -0.141. The Hall–Kier alpha value is -1.60. The highest BCUT2D eigenvalue weighted by atomic mass is 32.2. The number of rotatable bonds is 7. The quantitative estimate of drug-likeness (QED) is 0.724. The Labute approximate surface area is 121 Å². The number of nitrogens with two attached hydrogens (primary N) is 1. The summed E-state index contributed by atoms with van der Waals surface area (Å²) in [5, 5.41) is 2.60. The van der Waals surface area contributed by atoms with E-state index in [1.165, 1.54) is 24.9 Å². The second-order valence-corrected chi connectivity index (χ2v) is 5.04. The zero-order valence-corrected chi connectivity index (χ0v) is 11.9. The van der Waals surface area contributed by atoms with Gasteiger partial charge in [0.25, 0.3) is 0 Å². The fourth-order valence-corrected chi connectivity index (χ4v) is 2.18. The molecule has 0 heterocycles. The molecule has 5 nitrogen and oxygen atoms in total. The molecule has 3 N–H and O–H groups in total. The number of hydrogen-bond donors (Lipinski definition) is 2. The third-order valence-electron chi connectivity index (χ3n) is 2.47. The van der Waals surface area contributed by atoms with Gasteiger partial charge in [-0.1, -0.05) is 18.2 Å². The Bertz CT molecular complexity index is 471. The van der Waals surface area contributed by atoms with Gasteiger partial charge in [0.15, 0.2) is 0 Å². The maximum atomic E-state index is 13.3. The monoisotopic (exact) mass is 300 g/mol. The molecular formula is C13H17FN2O3S. The van der Waals surface area contributed by atoms with Crippen molar-refractivity contribution >= 4 is 23.6 Å². The Morgan fingerprint density at radius 1 is 1.45 bits per heavy atom. The van der Waals surface area contributed by atoms with E-state index in [0.717, 1.165) is 0 Å². The molecular weight excluding hydrogens is 283 g/mol. The Kier molecular flexibility index (Phi) is 7.03. The van der Waals surface area contributed by atoms with Crippen molar-refractivity contribution in [1.29, 1.82) is 0 Å². The molecule has 0 aliphatic rings. The number of hydrogen-bond acceptors (Lipinski definition) is 5. The van der Waals surface area contributed by atoms with E-state index in [1.807, 2.05) is 0 Å². The molecule has 1 amide bonds. The zero-order chi connectivity index (χ0) is 15.0. The highest BCUT2D eigenvalue weighted by molar-refractivity contribution is 8.00. The summed E-state index contributed by atoms with van der Waals surface area (Å²) < 4.78 is 17.8. The van der Waals surface area contributed by atoms with Gasteiger partial charge >= 0.3 is 5.97 Å². The van der Waals surface area contributed by atoms with Crippen molar-refractivity contribution in [2.24, 2.45) is 5.73 Å². The van der Waals surface area contributed by atoms with Crippen molar-refractivity contribution in [3.8, 4) is 0 Å². The van der Waals surface area contributed by atoms with Crippen molar-refractivity contribution in [3.05, 3.63) is 35.6 Å². The van der Waals surface area contributed by atoms with E-state index < -0.39 is 12.0 Å². The molecule has 1 aromatic carbocycles. The number of carbonyl (C=O) groups is 2. The third-order valence-corrected chi connectivity index (χ3v) is 3.53. The predicted octanol–water partition coefficient (Wildman–Crippen LogP) is 0.675. The molecule has 1 rings (SSSR count). The highest BCUT2D eigenvalue weighted by Crippen LogP contribution is 2.06. The first-order valence-electron chi connectivity index (χ1n) is 5.96. The van der Waals surface area contributed by atoms with E-state index in [0.29, 0.717) is 11.3 Å². The Balaban J connectivity index is 2.24. The van der Waals surface area contributed by atoms with Crippen LogP contribution in [0.3, 0.4) is 0 Å². The number of benzene rings is 1. The van der Waals surface area contributed by atoms with Crippen LogP contribution in [0.15, 0.2) is 24.3 Å². The number of carbonyl (C=O) groups excluding carboxylic acids is 2. The molecule has 0 aromatic heterocycles. The highest BCUT2D eigenvalue weighted by Gasteiger charge is 2.14. The SMILES string of the molecule is COC(=O)C(N)CSCC(=O)NCc1ccccc1F. The van der Waals surface area contributed by atoms with Gasteiger partial charge in [0, 0.05) is 17.9 Å². The van der Waals surface area contributed by atoms with Gasteiger partial charge in [0.1, 0.15) is 11.9 Å². The van der Waals surface area contributed by atoms with E-state index >= 15 is 0 Å². The maximum Gasteiger partial charge on any atom is 0.323 e. The molecule has 0 aliphatic carbocycles. The van der Waals surface area contributed by atoms with E-state index in [2.05, 4.69) is 10.1 Å². The largest absolute Gasteiger partial charge is 0.468 e. The van der Waals surface area contributed by atoms with Crippen LogP contribution in [-0.2, 0) is 20.9 Å². The van der Waals surface area contributed by atoms with Crippen LogP contribution in [0.2, 0.25) is 0 Å². The summed E-state index contributed by atoms with van der Waals surface area (Å²) in [6.07, 6.45) is 0. The molecule has 20 heavy (non-hydrogen) atoms. The summed E-state index contributed by atoms with van der Waals surface area (Å²) in [6.45, 7) is 0.134. The number of amides is 1. The summed E-state index contributed by atoms with van der Waals surface area (Å²) in [6, 6.07) is 5.49. The van der Waals surface area contributed by atoms with Crippen molar-refractivity contribution in [1.82, 2.24) is 5.32 Å². The van der Waals surface area contributed by atoms with Crippen LogP contribution in [0, 0.1) is 5.82 Å². The molecule has 0 radical (unpaired) electrons. The number of halogens is 1. The van der Waals surface area contributed by atoms with E-state index in [4.69, 9.17) is 5.73 Å². The predicted molar refractivity (Wildman–Crippen MR) is 75.6 cm³/mol. The first-order valence-corrected chi connectivity index (χ1v) is 7.11. The van der Waals surface area contributed by atoms with Crippen LogP contribution >= 0.6 is 11.8 Å². The summed E-state index contributed by atoms with van der Waals surface area (Å²) in [5.41, 5.74) is 5.95. The molecule has 0 saturated heterocycles. The third kappa shape index (κ3) is 5.58. The molecule has 1 atom stereocenters. The first kappa shape index (κ1) is 16.5. The molecule has 110 valence electrons. The second kappa shape index (κ2) is 8.55. The molecule has 0 bridgehead atoms. The van der Waals surface area contributed by atoms with Crippen molar-refractivity contribution < 1.29 is 18.7 Å². The average molecular weight is 300 g/mol. The normalized spacial score (nSPS) is 11.8. The van der Waals surface area contributed by atoms with E-state index in [-0.39, 0.29) is 24.0 Å². The smallest absolute Gasteiger partial charge is 0.323 e.